The topological polar surface area (TPSA) is 66.5 Å². The van der Waals surface area contributed by atoms with Gasteiger partial charge in [-0.2, -0.15) is 4.72 Å². The summed E-state index contributed by atoms with van der Waals surface area (Å²) in [7, 11) is -1.96. The van der Waals surface area contributed by atoms with Crippen molar-refractivity contribution in [2.24, 2.45) is 0 Å². The molecule has 0 aromatic heterocycles. The first-order valence-electron chi connectivity index (χ1n) is 8.92. The lowest BCUT2D eigenvalue weighted by atomic mass is 9.87. The van der Waals surface area contributed by atoms with Gasteiger partial charge < -0.3 is 4.90 Å². The Morgan fingerprint density at radius 2 is 1.68 bits per heavy atom. The summed E-state index contributed by atoms with van der Waals surface area (Å²) < 4.78 is 27.7. The van der Waals surface area contributed by atoms with E-state index in [0.29, 0.717) is 0 Å². The fourth-order valence-corrected chi connectivity index (χ4v) is 4.46. The molecule has 140 valence electrons. The molecule has 1 aromatic carbocycles. The molecule has 2 rings (SSSR count). The number of nitrogens with one attached hydrogen (secondary N) is 1. The van der Waals surface area contributed by atoms with E-state index in [1.807, 2.05) is 12.1 Å². The van der Waals surface area contributed by atoms with Gasteiger partial charge in [0, 0.05) is 13.1 Å². The van der Waals surface area contributed by atoms with Gasteiger partial charge in [-0.1, -0.05) is 45.7 Å². The first-order chi connectivity index (χ1) is 11.5. The average Bonchev–Trinajstić information content (AvgIpc) is 3.06. The summed E-state index contributed by atoms with van der Waals surface area (Å²) in [6, 6.07) is 6.29. The Kier molecular flexibility index (Phi) is 5.94. The minimum Gasteiger partial charge on any atom is -0.341 e. The van der Waals surface area contributed by atoms with Crippen molar-refractivity contribution >= 4 is 15.9 Å². The van der Waals surface area contributed by atoms with Gasteiger partial charge >= 0.3 is 0 Å². The van der Waals surface area contributed by atoms with E-state index in [4.69, 9.17) is 0 Å². The van der Waals surface area contributed by atoms with Crippen molar-refractivity contribution in [1.29, 1.82) is 0 Å². The van der Waals surface area contributed by atoms with Crippen LogP contribution in [0.3, 0.4) is 0 Å². The Labute approximate surface area is 151 Å². The maximum atomic E-state index is 12.6. The maximum Gasteiger partial charge on any atom is 0.241 e. The van der Waals surface area contributed by atoms with Gasteiger partial charge in [0.25, 0.3) is 0 Å². The highest BCUT2D eigenvalue weighted by Gasteiger charge is 2.29. The second kappa shape index (κ2) is 7.46. The zero-order chi connectivity index (χ0) is 18.8. The van der Waals surface area contributed by atoms with E-state index in [1.165, 1.54) is 0 Å². The van der Waals surface area contributed by atoms with Gasteiger partial charge in [-0.05, 0) is 42.9 Å². The van der Waals surface area contributed by atoms with Crippen LogP contribution in [0.15, 0.2) is 29.2 Å². The predicted octanol–water partition coefficient (Wildman–Crippen LogP) is 3.05. The molecule has 1 amide bonds. The van der Waals surface area contributed by atoms with E-state index in [1.54, 1.807) is 31.0 Å². The molecule has 0 aliphatic heterocycles. The summed E-state index contributed by atoms with van der Waals surface area (Å²) in [5.74, 6) is -0.179. The quantitative estimate of drug-likeness (QED) is 0.871. The van der Waals surface area contributed by atoms with Gasteiger partial charge in [0.15, 0.2) is 0 Å². The lowest BCUT2D eigenvalue weighted by Crippen LogP contribution is -2.48. The van der Waals surface area contributed by atoms with Crippen LogP contribution < -0.4 is 4.72 Å². The fourth-order valence-electron chi connectivity index (χ4n) is 3.26. The second-order valence-corrected chi connectivity index (χ2v) is 9.72. The number of hydrogen-bond donors (Lipinski definition) is 1. The summed E-state index contributed by atoms with van der Waals surface area (Å²) >= 11 is 0. The SMILES string of the molecule is CC(NS(=O)(=O)c1ccc(C(C)(C)C)cc1)C(=O)N(C)C1CCCC1. The molecule has 1 fully saturated rings. The molecule has 0 heterocycles. The van der Waals surface area contributed by atoms with Crippen molar-refractivity contribution in [2.45, 2.75) is 75.8 Å². The predicted molar refractivity (Wildman–Crippen MR) is 100.0 cm³/mol. The van der Waals surface area contributed by atoms with Crippen LogP contribution in [0.2, 0.25) is 0 Å². The van der Waals surface area contributed by atoms with E-state index < -0.39 is 16.1 Å². The third-order valence-corrected chi connectivity index (χ3v) is 6.51. The molecule has 0 saturated heterocycles. The molecule has 1 saturated carbocycles. The summed E-state index contributed by atoms with van der Waals surface area (Å²) in [6.45, 7) is 7.84. The van der Waals surface area contributed by atoms with Crippen LogP contribution in [0.25, 0.3) is 0 Å². The Bertz CT molecular complexity index is 699. The Morgan fingerprint density at radius 3 is 2.16 bits per heavy atom. The highest BCUT2D eigenvalue weighted by atomic mass is 32.2. The van der Waals surface area contributed by atoms with Crippen molar-refractivity contribution in [3.63, 3.8) is 0 Å². The number of nitrogens with zero attached hydrogens (tertiary/aromatic N) is 1. The smallest absolute Gasteiger partial charge is 0.241 e. The summed E-state index contributed by atoms with van der Waals surface area (Å²) in [6.07, 6.45) is 4.25. The van der Waals surface area contributed by atoms with Crippen LogP contribution in [-0.2, 0) is 20.2 Å². The molecular weight excluding hydrogens is 336 g/mol. The molecule has 1 N–H and O–H groups in total. The van der Waals surface area contributed by atoms with Gasteiger partial charge in [-0.15, -0.1) is 0 Å². The Morgan fingerprint density at radius 1 is 1.16 bits per heavy atom. The number of carbonyl (C=O) groups is 1. The highest BCUT2D eigenvalue weighted by molar-refractivity contribution is 7.89. The summed E-state index contributed by atoms with van der Waals surface area (Å²) in [5.41, 5.74) is 1.03. The van der Waals surface area contributed by atoms with Gasteiger partial charge in [-0.25, -0.2) is 8.42 Å². The van der Waals surface area contributed by atoms with Crippen molar-refractivity contribution in [3.05, 3.63) is 29.8 Å². The molecule has 6 heteroatoms. The number of sulfonamides is 1. The van der Waals surface area contributed by atoms with Crippen molar-refractivity contribution in [2.75, 3.05) is 7.05 Å². The molecule has 1 aromatic rings. The first kappa shape index (κ1) is 19.9. The normalized spacial score (nSPS) is 17.5. The number of rotatable bonds is 5. The van der Waals surface area contributed by atoms with Gasteiger partial charge in [0.05, 0.1) is 10.9 Å². The van der Waals surface area contributed by atoms with E-state index in [9.17, 15) is 13.2 Å². The number of hydrogen-bond acceptors (Lipinski definition) is 3. The van der Waals surface area contributed by atoms with Crippen LogP contribution in [0, 0.1) is 0 Å². The van der Waals surface area contributed by atoms with Crippen molar-refractivity contribution < 1.29 is 13.2 Å². The van der Waals surface area contributed by atoms with E-state index in [-0.39, 0.29) is 22.3 Å². The molecule has 1 atom stereocenters. The first-order valence-corrected chi connectivity index (χ1v) is 10.4. The van der Waals surface area contributed by atoms with Gasteiger partial charge in [-0.3, -0.25) is 4.79 Å². The number of amides is 1. The van der Waals surface area contributed by atoms with Crippen LogP contribution in [0.5, 0.6) is 0 Å². The van der Waals surface area contributed by atoms with E-state index in [2.05, 4.69) is 25.5 Å². The molecule has 5 nitrogen and oxygen atoms in total. The van der Waals surface area contributed by atoms with Gasteiger partial charge in [0.1, 0.15) is 0 Å². The Hall–Kier alpha value is -1.40. The molecule has 1 aliphatic rings. The van der Waals surface area contributed by atoms with Crippen LogP contribution in [0.4, 0.5) is 0 Å². The number of likely N-dealkylation sites (N-methyl/N-ethyl adjacent to an activating group) is 1. The summed E-state index contributed by atoms with van der Waals surface area (Å²) in [5, 5.41) is 0. The van der Waals surface area contributed by atoms with Crippen molar-refractivity contribution in [3.8, 4) is 0 Å². The Balaban J connectivity index is 2.08. The molecule has 1 aliphatic carbocycles. The molecule has 0 bridgehead atoms. The minimum absolute atomic E-state index is 0.0387. The third-order valence-electron chi connectivity index (χ3n) is 4.95. The monoisotopic (exact) mass is 366 g/mol. The molecular formula is C19H30N2O3S. The lowest BCUT2D eigenvalue weighted by molar-refractivity contribution is -0.133. The maximum absolute atomic E-state index is 12.6. The molecule has 25 heavy (non-hydrogen) atoms. The fraction of sp³-hybridized carbons (Fsp3) is 0.632. The van der Waals surface area contributed by atoms with Crippen molar-refractivity contribution in [1.82, 2.24) is 9.62 Å². The standard InChI is InChI=1S/C19H30N2O3S/c1-14(18(22)21(5)16-8-6-7-9-16)20-25(23,24)17-12-10-15(11-13-17)19(2,3)4/h10-14,16,20H,6-9H2,1-5H3. The minimum atomic E-state index is -3.72. The van der Waals surface area contributed by atoms with Crippen LogP contribution in [-0.4, -0.2) is 38.4 Å². The summed E-state index contributed by atoms with van der Waals surface area (Å²) in [4.78, 5) is 14.4. The zero-order valence-corrected chi connectivity index (χ0v) is 16.7. The number of benzene rings is 1. The highest BCUT2D eigenvalue weighted by Crippen LogP contribution is 2.24. The van der Waals surface area contributed by atoms with E-state index in [0.717, 1.165) is 31.2 Å². The molecule has 0 spiro atoms. The largest absolute Gasteiger partial charge is 0.341 e. The molecule has 1 unspecified atom stereocenters. The van der Waals surface area contributed by atoms with Gasteiger partial charge in [0.2, 0.25) is 15.9 Å². The molecule has 0 radical (unpaired) electrons. The lowest BCUT2D eigenvalue weighted by Gasteiger charge is -2.27. The zero-order valence-electron chi connectivity index (χ0n) is 15.9. The third kappa shape index (κ3) is 4.82. The number of carbonyl (C=O) groups excluding carboxylic acids is 1. The second-order valence-electron chi connectivity index (χ2n) is 8.00. The van der Waals surface area contributed by atoms with Crippen LogP contribution in [0.1, 0.15) is 58.9 Å². The van der Waals surface area contributed by atoms with E-state index >= 15 is 0 Å². The average molecular weight is 367 g/mol. The van der Waals surface area contributed by atoms with Crippen LogP contribution >= 0.6 is 0 Å².